The van der Waals surface area contributed by atoms with Gasteiger partial charge in [-0.25, -0.2) is 0 Å². The Hall–Kier alpha value is -2.20. The van der Waals surface area contributed by atoms with Crippen LogP contribution in [0.25, 0.3) is 22.3 Å². The van der Waals surface area contributed by atoms with E-state index in [0.717, 1.165) is 31.2 Å². The lowest BCUT2D eigenvalue weighted by atomic mass is 10.1. The lowest BCUT2D eigenvalue weighted by Gasteiger charge is -2.18. The summed E-state index contributed by atoms with van der Waals surface area (Å²) in [5.41, 5.74) is 1.06. The van der Waals surface area contributed by atoms with Crippen molar-refractivity contribution in [3.8, 4) is 17.1 Å². The fourth-order valence-corrected chi connectivity index (χ4v) is 3.77. The van der Waals surface area contributed by atoms with Crippen LogP contribution in [0.5, 0.6) is 5.75 Å². The second kappa shape index (κ2) is 11.1. The summed E-state index contributed by atoms with van der Waals surface area (Å²) in [6.07, 6.45) is 3.81. The molecule has 3 aromatic rings. The Bertz CT molecular complexity index is 944. The van der Waals surface area contributed by atoms with E-state index in [-0.39, 0.29) is 11.2 Å². The van der Waals surface area contributed by atoms with Gasteiger partial charge >= 0.3 is 8.60 Å². The van der Waals surface area contributed by atoms with Crippen LogP contribution in [-0.2, 0) is 9.05 Å². The number of hydrogen-bond acceptors (Lipinski definition) is 5. The van der Waals surface area contributed by atoms with Crippen molar-refractivity contribution < 1.29 is 18.0 Å². The second-order valence-electron chi connectivity index (χ2n) is 6.64. The van der Waals surface area contributed by atoms with Crippen LogP contribution in [0.15, 0.2) is 63.8 Å². The molecule has 1 heterocycles. The summed E-state index contributed by atoms with van der Waals surface area (Å²) in [6, 6.07) is 16.7. The van der Waals surface area contributed by atoms with Gasteiger partial charge in [0.1, 0.15) is 5.58 Å². The minimum atomic E-state index is -1.70. The van der Waals surface area contributed by atoms with Crippen molar-refractivity contribution in [1.82, 2.24) is 0 Å². The molecule has 0 radical (unpaired) electrons. The van der Waals surface area contributed by atoms with Gasteiger partial charge in [-0.1, -0.05) is 69.2 Å². The molecular weight excluding hydrogens is 387 g/mol. The van der Waals surface area contributed by atoms with Gasteiger partial charge in [0.05, 0.1) is 18.6 Å². The number of benzene rings is 2. The van der Waals surface area contributed by atoms with Crippen molar-refractivity contribution in [2.75, 3.05) is 13.2 Å². The summed E-state index contributed by atoms with van der Waals surface area (Å²) in [4.78, 5) is 13.2. The van der Waals surface area contributed by atoms with Crippen LogP contribution in [0, 0.1) is 0 Å². The van der Waals surface area contributed by atoms with Gasteiger partial charge < -0.3 is 18.0 Å². The standard InChI is InChI=1S/C23H27O5P/c1-3-5-16-25-29(26-17-6-4-2)28-23-21(24)19-14-10-11-15-20(19)27-22(23)18-12-8-7-9-13-18/h7-15H,3-6,16-17H2,1-2H3. The van der Waals surface area contributed by atoms with Gasteiger partial charge in [-0.3, -0.25) is 4.79 Å². The Morgan fingerprint density at radius 3 is 2.14 bits per heavy atom. The first-order valence-corrected chi connectivity index (χ1v) is 11.2. The Balaban J connectivity index is 2.00. The summed E-state index contributed by atoms with van der Waals surface area (Å²) in [5, 5.41) is 0.472. The maximum absolute atomic E-state index is 13.2. The third-order valence-electron chi connectivity index (χ3n) is 4.35. The van der Waals surface area contributed by atoms with Crippen molar-refractivity contribution in [3.63, 3.8) is 0 Å². The van der Waals surface area contributed by atoms with Crippen LogP contribution in [-0.4, -0.2) is 13.2 Å². The van der Waals surface area contributed by atoms with Crippen molar-refractivity contribution >= 4 is 19.6 Å². The maximum Gasteiger partial charge on any atom is 0.397 e. The molecule has 0 N–H and O–H groups in total. The Labute approximate surface area is 172 Å². The van der Waals surface area contributed by atoms with Crippen LogP contribution >= 0.6 is 8.60 Å². The van der Waals surface area contributed by atoms with Crippen molar-refractivity contribution in [2.24, 2.45) is 0 Å². The highest BCUT2D eigenvalue weighted by Gasteiger charge is 2.23. The average Bonchev–Trinajstić information content (AvgIpc) is 2.76. The largest absolute Gasteiger partial charge is 0.452 e. The van der Waals surface area contributed by atoms with Crippen LogP contribution in [0.2, 0.25) is 0 Å². The molecule has 1 aromatic heterocycles. The molecule has 0 fully saturated rings. The first-order valence-electron chi connectivity index (χ1n) is 10.1. The molecule has 0 aliphatic heterocycles. The minimum Gasteiger partial charge on any atom is -0.452 e. The fourth-order valence-electron chi connectivity index (χ4n) is 2.72. The molecule has 5 nitrogen and oxygen atoms in total. The van der Waals surface area contributed by atoms with E-state index < -0.39 is 8.60 Å². The molecule has 0 unspecified atom stereocenters. The van der Waals surface area contributed by atoms with E-state index >= 15 is 0 Å². The molecule has 0 saturated heterocycles. The third-order valence-corrected chi connectivity index (χ3v) is 5.47. The Kier molecular flexibility index (Phi) is 8.24. The lowest BCUT2D eigenvalue weighted by molar-refractivity contribution is 0.200. The van der Waals surface area contributed by atoms with Gasteiger partial charge in [-0.05, 0) is 25.0 Å². The zero-order valence-corrected chi connectivity index (χ0v) is 17.8. The molecule has 0 amide bonds. The molecule has 0 aliphatic rings. The number of rotatable bonds is 11. The first-order chi connectivity index (χ1) is 14.2. The van der Waals surface area contributed by atoms with Crippen molar-refractivity contribution in [1.29, 1.82) is 0 Å². The quantitative estimate of drug-likeness (QED) is 0.258. The minimum absolute atomic E-state index is 0.133. The van der Waals surface area contributed by atoms with E-state index in [1.54, 1.807) is 12.1 Å². The van der Waals surface area contributed by atoms with Crippen LogP contribution < -0.4 is 9.95 Å². The lowest BCUT2D eigenvalue weighted by Crippen LogP contribution is -2.10. The molecular formula is C23H27O5P. The van der Waals surface area contributed by atoms with E-state index in [1.165, 1.54) is 0 Å². The highest BCUT2D eigenvalue weighted by atomic mass is 31.2. The van der Waals surface area contributed by atoms with Gasteiger partial charge in [-0.2, -0.15) is 0 Å². The zero-order chi connectivity index (χ0) is 20.5. The molecule has 0 atom stereocenters. The molecule has 0 bridgehead atoms. The predicted molar refractivity (Wildman–Crippen MR) is 117 cm³/mol. The highest BCUT2D eigenvalue weighted by molar-refractivity contribution is 7.42. The zero-order valence-electron chi connectivity index (χ0n) is 16.9. The van der Waals surface area contributed by atoms with Gasteiger partial charge in [-0.15, -0.1) is 0 Å². The first kappa shape index (κ1) is 21.5. The number of para-hydroxylation sites is 1. The highest BCUT2D eigenvalue weighted by Crippen LogP contribution is 2.43. The normalized spacial score (nSPS) is 11.3. The van der Waals surface area contributed by atoms with E-state index in [9.17, 15) is 4.79 Å². The topological polar surface area (TPSA) is 57.9 Å². The summed E-state index contributed by atoms with van der Waals surface area (Å²) in [7, 11) is -1.70. The summed E-state index contributed by atoms with van der Waals surface area (Å²) in [5.74, 6) is 0.522. The van der Waals surface area contributed by atoms with Crippen LogP contribution in [0.3, 0.4) is 0 Å². The number of unbranched alkanes of at least 4 members (excludes halogenated alkanes) is 2. The van der Waals surface area contributed by atoms with Crippen molar-refractivity contribution in [3.05, 3.63) is 64.8 Å². The van der Waals surface area contributed by atoms with Gasteiger partial charge in [0.25, 0.3) is 0 Å². The van der Waals surface area contributed by atoms with Crippen molar-refractivity contribution in [2.45, 2.75) is 39.5 Å². The van der Waals surface area contributed by atoms with E-state index in [1.807, 2.05) is 42.5 Å². The smallest absolute Gasteiger partial charge is 0.397 e. The Morgan fingerprint density at radius 1 is 0.862 bits per heavy atom. The number of fused-ring (bicyclic) bond motifs is 1. The van der Waals surface area contributed by atoms with E-state index in [4.69, 9.17) is 18.0 Å². The molecule has 3 rings (SSSR count). The molecule has 0 spiro atoms. The maximum atomic E-state index is 13.2. The van der Waals surface area contributed by atoms with Crippen LogP contribution in [0.1, 0.15) is 39.5 Å². The van der Waals surface area contributed by atoms with Gasteiger partial charge in [0.15, 0.2) is 5.76 Å². The van der Waals surface area contributed by atoms with E-state index in [2.05, 4.69) is 13.8 Å². The third kappa shape index (κ3) is 5.66. The molecule has 6 heteroatoms. The molecule has 154 valence electrons. The SMILES string of the molecule is CCCCOP(OCCCC)Oc1c(-c2ccccc2)oc2ccccc2c1=O. The predicted octanol–water partition coefficient (Wildman–Crippen LogP) is 6.70. The molecule has 2 aromatic carbocycles. The van der Waals surface area contributed by atoms with Gasteiger partial charge in [0.2, 0.25) is 11.2 Å². The van der Waals surface area contributed by atoms with Gasteiger partial charge in [0, 0.05) is 5.56 Å². The molecule has 29 heavy (non-hydrogen) atoms. The second-order valence-corrected chi connectivity index (χ2v) is 7.79. The van der Waals surface area contributed by atoms with E-state index in [0.29, 0.717) is 29.9 Å². The molecule has 0 aliphatic carbocycles. The Morgan fingerprint density at radius 2 is 1.48 bits per heavy atom. The monoisotopic (exact) mass is 414 g/mol. The fraction of sp³-hybridized carbons (Fsp3) is 0.348. The summed E-state index contributed by atoms with van der Waals surface area (Å²) >= 11 is 0. The summed E-state index contributed by atoms with van der Waals surface area (Å²) in [6.45, 7) is 5.23. The summed E-state index contributed by atoms with van der Waals surface area (Å²) < 4.78 is 23.8. The molecule has 0 saturated carbocycles. The average molecular weight is 414 g/mol. The van der Waals surface area contributed by atoms with Crippen LogP contribution in [0.4, 0.5) is 0 Å². The number of hydrogen-bond donors (Lipinski definition) is 0.